The van der Waals surface area contributed by atoms with Crippen molar-refractivity contribution in [3.8, 4) is 11.8 Å². The highest BCUT2D eigenvalue weighted by Gasteiger charge is 2.02. The van der Waals surface area contributed by atoms with Gasteiger partial charge in [-0.25, -0.2) is 4.79 Å². The predicted molar refractivity (Wildman–Crippen MR) is 58.8 cm³/mol. The van der Waals surface area contributed by atoms with Crippen molar-refractivity contribution >= 4 is 12.0 Å². The highest BCUT2D eigenvalue weighted by molar-refractivity contribution is 5.87. The normalized spacial score (nSPS) is 9.81. The summed E-state index contributed by atoms with van der Waals surface area (Å²) in [6, 6.07) is 7.05. The quantitative estimate of drug-likeness (QED) is 0.571. The number of carbonyl (C=O) groups excluding carboxylic acids is 1. The van der Waals surface area contributed by atoms with E-state index in [1.165, 1.54) is 20.3 Å². The van der Waals surface area contributed by atoms with Crippen molar-refractivity contribution in [2.45, 2.75) is 0 Å². The Bertz CT molecular complexity index is 458. The number of methoxy groups -OCH3 is 2. The molecular formula is C12H11NO3. The maximum Gasteiger partial charge on any atom is 0.330 e. The molecular weight excluding hydrogens is 206 g/mol. The zero-order valence-electron chi connectivity index (χ0n) is 9.06. The van der Waals surface area contributed by atoms with Gasteiger partial charge in [0.05, 0.1) is 19.8 Å². The molecule has 1 aromatic rings. The van der Waals surface area contributed by atoms with Gasteiger partial charge in [0.15, 0.2) is 0 Å². The number of hydrogen-bond donors (Lipinski definition) is 0. The molecule has 0 saturated heterocycles. The number of esters is 1. The molecule has 82 valence electrons. The van der Waals surface area contributed by atoms with Crippen LogP contribution in [0.15, 0.2) is 24.3 Å². The fourth-order valence-corrected chi connectivity index (χ4v) is 1.14. The van der Waals surface area contributed by atoms with Crippen LogP contribution in [0, 0.1) is 11.3 Å². The van der Waals surface area contributed by atoms with Crippen LogP contribution in [-0.2, 0) is 9.53 Å². The molecule has 4 heteroatoms. The van der Waals surface area contributed by atoms with Crippen LogP contribution in [0.25, 0.3) is 6.08 Å². The lowest BCUT2D eigenvalue weighted by Gasteiger charge is -2.02. The second-order valence-corrected chi connectivity index (χ2v) is 2.93. The number of rotatable bonds is 3. The summed E-state index contributed by atoms with van der Waals surface area (Å²) in [5.41, 5.74) is 1.22. The summed E-state index contributed by atoms with van der Waals surface area (Å²) >= 11 is 0. The Kier molecular flexibility index (Phi) is 4.10. The summed E-state index contributed by atoms with van der Waals surface area (Å²) in [6.07, 6.45) is 2.90. The Balaban J connectivity index is 2.96. The molecule has 0 aliphatic rings. The van der Waals surface area contributed by atoms with E-state index in [0.717, 1.165) is 5.56 Å². The average molecular weight is 217 g/mol. The van der Waals surface area contributed by atoms with Crippen molar-refractivity contribution in [2.75, 3.05) is 14.2 Å². The van der Waals surface area contributed by atoms with E-state index in [-0.39, 0.29) is 0 Å². The van der Waals surface area contributed by atoms with Crippen LogP contribution in [-0.4, -0.2) is 20.2 Å². The highest BCUT2D eigenvalue weighted by Crippen LogP contribution is 2.19. The SMILES string of the molecule is COC(=O)/C=C/c1ccc(C#N)c(OC)c1. The van der Waals surface area contributed by atoms with Crippen molar-refractivity contribution in [3.63, 3.8) is 0 Å². The average Bonchev–Trinajstić information content (AvgIpc) is 2.35. The first-order valence-electron chi connectivity index (χ1n) is 4.55. The van der Waals surface area contributed by atoms with Crippen molar-refractivity contribution in [1.82, 2.24) is 0 Å². The Morgan fingerprint density at radius 3 is 2.75 bits per heavy atom. The van der Waals surface area contributed by atoms with E-state index in [0.29, 0.717) is 11.3 Å². The van der Waals surface area contributed by atoms with E-state index in [1.807, 2.05) is 6.07 Å². The van der Waals surface area contributed by atoms with E-state index in [1.54, 1.807) is 24.3 Å². The molecule has 1 aromatic carbocycles. The molecule has 0 bridgehead atoms. The molecule has 16 heavy (non-hydrogen) atoms. The molecule has 1 rings (SSSR count). The summed E-state index contributed by atoms with van der Waals surface area (Å²) in [5, 5.41) is 8.77. The summed E-state index contributed by atoms with van der Waals surface area (Å²) in [4.78, 5) is 10.9. The van der Waals surface area contributed by atoms with Crippen LogP contribution in [0.5, 0.6) is 5.75 Å². The lowest BCUT2D eigenvalue weighted by molar-refractivity contribution is -0.134. The summed E-state index contributed by atoms with van der Waals surface area (Å²) in [5.74, 6) is 0.0536. The Hall–Kier alpha value is -2.28. The standard InChI is InChI=1S/C12H11NO3/c1-15-11-7-9(3-5-10(11)8-13)4-6-12(14)16-2/h3-7H,1-2H3/b6-4+. The minimum absolute atomic E-state index is 0.427. The van der Waals surface area contributed by atoms with E-state index >= 15 is 0 Å². The Morgan fingerprint density at radius 2 is 2.19 bits per heavy atom. The van der Waals surface area contributed by atoms with Gasteiger partial charge in [-0.3, -0.25) is 0 Å². The van der Waals surface area contributed by atoms with E-state index < -0.39 is 5.97 Å². The lowest BCUT2D eigenvalue weighted by Crippen LogP contribution is -1.93. The third-order valence-corrected chi connectivity index (χ3v) is 1.96. The van der Waals surface area contributed by atoms with Crippen molar-refractivity contribution in [2.24, 2.45) is 0 Å². The Morgan fingerprint density at radius 1 is 1.44 bits per heavy atom. The smallest absolute Gasteiger partial charge is 0.330 e. The maximum absolute atomic E-state index is 10.9. The van der Waals surface area contributed by atoms with Gasteiger partial charge in [0.2, 0.25) is 0 Å². The minimum atomic E-state index is -0.427. The fourth-order valence-electron chi connectivity index (χ4n) is 1.14. The molecule has 0 unspecified atom stereocenters. The topological polar surface area (TPSA) is 59.3 Å². The molecule has 0 aliphatic heterocycles. The van der Waals surface area contributed by atoms with Gasteiger partial charge in [-0.1, -0.05) is 6.07 Å². The number of nitriles is 1. The predicted octanol–water partition coefficient (Wildman–Crippen LogP) is 1.75. The first-order valence-corrected chi connectivity index (χ1v) is 4.55. The summed E-state index contributed by atoms with van der Waals surface area (Å²) in [7, 11) is 2.80. The number of hydrogen-bond acceptors (Lipinski definition) is 4. The summed E-state index contributed by atoms with van der Waals surface area (Å²) < 4.78 is 9.50. The van der Waals surface area contributed by atoms with E-state index in [4.69, 9.17) is 10.00 Å². The van der Waals surface area contributed by atoms with Gasteiger partial charge < -0.3 is 9.47 Å². The van der Waals surface area contributed by atoms with Gasteiger partial charge in [-0.15, -0.1) is 0 Å². The summed E-state index contributed by atoms with van der Waals surface area (Å²) in [6.45, 7) is 0. The third-order valence-electron chi connectivity index (χ3n) is 1.96. The molecule has 0 fully saturated rings. The minimum Gasteiger partial charge on any atom is -0.495 e. The molecule has 4 nitrogen and oxygen atoms in total. The molecule has 0 amide bonds. The second-order valence-electron chi connectivity index (χ2n) is 2.93. The molecule has 0 aromatic heterocycles. The Labute approximate surface area is 93.7 Å². The van der Waals surface area contributed by atoms with E-state index in [2.05, 4.69) is 4.74 Å². The van der Waals surface area contributed by atoms with Gasteiger partial charge >= 0.3 is 5.97 Å². The molecule has 0 N–H and O–H groups in total. The van der Waals surface area contributed by atoms with Crippen LogP contribution in [0.2, 0.25) is 0 Å². The monoisotopic (exact) mass is 217 g/mol. The fraction of sp³-hybridized carbons (Fsp3) is 0.167. The number of nitrogens with zero attached hydrogens (tertiary/aromatic N) is 1. The first kappa shape index (κ1) is 11.8. The largest absolute Gasteiger partial charge is 0.495 e. The molecule has 0 aliphatic carbocycles. The van der Waals surface area contributed by atoms with Gasteiger partial charge in [0.1, 0.15) is 11.8 Å². The number of benzene rings is 1. The van der Waals surface area contributed by atoms with Crippen molar-refractivity contribution in [3.05, 3.63) is 35.4 Å². The first-order chi connectivity index (χ1) is 7.71. The van der Waals surface area contributed by atoms with Gasteiger partial charge in [0, 0.05) is 6.08 Å². The number of ether oxygens (including phenoxy) is 2. The van der Waals surface area contributed by atoms with Gasteiger partial charge in [-0.05, 0) is 23.8 Å². The molecule has 0 saturated carbocycles. The molecule has 0 spiro atoms. The maximum atomic E-state index is 10.9. The molecule has 0 radical (unpaired) electrons. The molecule has 0 heterocycles. The van der Waals surface area contributed by atoms with Gasteiger partial charge in [-0.2, -0.15) is 5.26 Å². The highest BCUT2D eigenvalue weighted by atomic mass is 16.5. The van der Waals surface area contributed by atoms with Crippen LogP contribution in [0.1, 0.15) is 11.1 Å². The van der Waals surface area contributed by atoms with Crippen molar-refractivity contribution in [1.29, 1.82) is 5.26 Å². The van der Waals surface area contributed by atoms with Crippen LogP contribution >= 0.6 is 0 Å². The zero-order chi connectivity index (χ0) is 12.0. The molecule has 0 atom stereocenters. The van der Waals surface area contributed by atoms with E-state index in [9.17, 15) is 4.79 Å². The third kappa shape index (κ3) is 2.85. The lowest BCUT2D eigenvalue weighted by atomic mass is 10.1. The second kappa shape index (κ2) is 5.56. The van der Waals surface area contributed by atoms with Crippen LogP contribution < -0.4 is 4.74 Å². The van der Waals surface area contributed by atoms with Crippen molar-refractivity contribution < 1.29 is 14.3 Å². The van der Waals surface area contributed by atoms with Gasteiger partial charge in [0.25, 0.3) is 0 Å². The number of carbonyl (C=O) groups is 1. The van der Waals surface area contributed by atoms with Crippen LogP contribution in [0.3, 0.4) is 0 Å². The zero-order valence-corrected chi connectivity index (χ0v) is 9.06. The van der Waals surface area contributed by atoms with Crippen LogP contribution in [0.4, 0.5) is 0 Å².